The molecule has 1 aliphatic rings. The number of carbonyl (C=O) groups is 2. The van der Waals surface area contributed by atoms with E-state index in [-0.39, 0.29) is 10.7 Å². The number of morpholine rings is 1. The average molecular weight is 639 g/mol. The van der Waals surface area contributed by atoms with Crippen molar-refractivity contribution in [1.82, 2.24) is 9.97 Å². The topological polar surface area (TPSA) is 129 Å². The summed E-state index contributed by atoms with van der Waals surface area (Å²) in [5.41, 5.74) is 2.84. The molecule has 1 fully saturated rings. The Balaban J connectivity index is 0.000000541. The number of ether oxygens (including phenoxy) is 1. The van der Waals surface area contributed by atoms with Crippen LogP contribution in [0.5, 0.6) is 0 Å². The zero-order chi connectivity index (χ0) is 31.0. The molecule has 226 valence electrons. The Hall–Kier alpha value is -4.47. The van der Waals surface area contributed by atoms with E-state index in [0.29, 0.717) is 15.8 Å². The van der Waals surface area contributed by atoms with Crippen molar-refractivity contribution >= 4 is 68.5 Å². The van der Waals surface area contributed by atoms with Crippen molar-refractivity contribution in [2.75, 3.05) is 47.2 Å². The van der Waals surface area contributed by atoms with E-state index in [2.05, 4.69) is 43.0 Å². The lowest BCUT2D eigenvalue weighted by Crippen LogP contribution is -2.36. The molecule has 3 heterocycles. The number of anilines is 6. The van der Waals surface area contributed by atoms with Crippen LogP contribution in [0.2, 0.25) is 5.02 Å². The van der Waals surface area contributed by atoms with Gasteiger partial charge in [0.2, 0.25) is 0 Å². The summed E-state index contributed by atoms with van der Waals surface area (Å²) in [6, 6.07) is 16.3. The monoisotopic (exact) mass is 638 g/mol. The molecule has 4 aromatic rings. The summed E-state index contributed by atoms with van der Waals surface area (Å²) in [4.78, 5) is 32.7. The molecular weight excluding hydrogens is 616 g/mol. The Kier molecular flexibility index (Phi) is 10.3. The normalized spacial score (nSPS) is 13.0. The van der Waals surface area contributed by atoms with E-state index in [1.807, 2.05) is 18.2 Å². The fourth-order valence-corrected chi connectivity index (χ4v) is 4.55. The number of thiazole rings is 1. The van der Waals surface area contributed by atoms with Crippen molar-refractivity contribution in [3.63, 3.8) is 0 Å². The van der Waals surface area contributed by atoms with Crippen LogP contribution in [0.1, 0.15) is 9.67 Å². The van der Waals surface area contributed by atoms with Crippen LogP contribution in [0, 0.1) is 5.82 Å². The summed E-state index contributed by atoms with van der Waals surface area (Å²) < 4.78 is 51.2. The number of rotatable bonds is 7. The molecule has 5 rings (SSSR count). The molecule has 1 aliphatic heterocycles. The Morgan fingerprint density at radius 3 is 2.37 bits per heavy atom. The van der Waals surface area contributed by atoms with Crippen molar-refractivity contribution in [1.29, 1.82) is 0 Å². The fraction of sp³-hybridized carbons (Fsp3) is 0.185. The van der Waals surface area contributed by atoms with Crippen molar-refractivity contribution in [3.05, 3.63) is 82.7 Å². The molecule has 16 heteroatoms. The molecule has 10 nitrogen and oxygen atoms in total. The lowest BCUT2D eigenvalue weighted by Gasteiger charge is -2.28. The summed E-state index contributed by atoms with van der Waals surface area (Å²) in [5.74, 6) is -3.25. The Morgan fingerprint density at radius 2 is 1.70 bits per heavy atom. The van der Waals surface area contributed by atoms with E-state index in [9.17, 15) is 22.4 Å². The molecule has 0 unspecified atom stereocenters. The van der Waals surface area contributed by atoms with Gasteiger partial charge >= 0.3 is 12.1 Å². The first-order valence-corrected chi connectivity index (χ1v) is 13.6. The third kappa shape index (κ3) is 9.01. The molecule has 43 heavy (non-hydrogen) atoms. The largest absolute Gasteiger partial charge is 0.490 e. The molecule has 4 N–H and O–H groups in total. The smallest absolute Gasteiger partial charge is 0.475 e. The quantitative estimate of drug-likeness (QED) is 0.167. The summed E-state index contributed by atoms with van der Waals surface area (Å²) in [6.45, 7) is 3.27. The van der Waals surface area contributed by atoms with Gasteiger partial charge in [0.15, 0.2) is 10.9 Å². The molecule has 0 spiro atoms. The van der Waals surface area contributed by atoms with E-state index >= 15 is 0 Å². The van der Waals surface area contributed by atoms with Crippen LogP contribution in [0.25, 0.3) is 0 Å². The SMILES string of the molecule is O=C(Nc1cccc(Cl)c1F)c1cnc(Nc2ccnc(Nc3ccc(N4CCOCC4)cc3)c2)s1.O=C(O)C(F)(F)F. The van der Waals surface area contributed by atoms with Crippen LogP contribution < -0.4 is 20.9 Å². The first-order valence-electron chi connectivity index (χ1n) is 12.4. The van der Waals surface area contributed by atoms with Crippen molar-refractivity contribution < 1.29 is 37.0 Å². The van der Waals surface area contributed by atoms with Gasteiger partial charge in [-0.2, -0.15) is 13.2 Å². The molecule has 0 bridgehead atoms. The van der Waals surface area contributed by atoms with E-state index in [0.717, 1.165) is 54.7 Å². The van der Waals surface area contributed by atoms with E-state index in [4.69, 9.17) is 26.2 Å². The van der Waals surface area contributed by atoms with Crippen LogP contribution in [-0.4, -0.2) is 59.4 Å². The lowest BCUT2D eigenvalue weighted by molar-refractivity contribution is -0.192. The van der Waals surface area contributed by atoms with Crippen LogP contribution in [0.15, 0.2) is 67.0 Å². The third-order valence-electron chi connectivity index (χ3n) is 5.70. The van der Waals surface area contributed by atoms with Crippen LogP contribution in [0.4, 0.5) is 51.3 Å². The molecule has 0 atom stereocenters. The number of halogens is 5. The minimum atomic E-state index is -5.08. The van der Waals surface area contributed by atoms with Crippen LogP contribution in [0.3, 0.4) is 0 Å². The van der Waals surface area contributed by atoms with E-state index < -0.39 is 23.9 Å². The van der Waals surface area contributed by atoms with Gasteiger partial charge in [-0.1, -0.05) is 29.0 Å². The van der Waals surface area contributed by atoms with Gasteiger partial charge in [0.25, 0.3) is 5.91 Å². The highest BCUT2D eigenvalue weighted by molar-refractivity contribution is 7.17. The molecule has 2 aromatic heterocycles. The number of carboxylic acid groups (broad SMARTS) is 1. The van der Waals surface area contributed by atoms with Gasteiger partial charge in [-0.25, -0.2) is 19.2 Å². The zero-order valence-corrected chi connectivity index (χ0v) is 23.6. The summed E-state index contributed by atoms with van der Waals surface area (Å²) in [5, 5.41) is 16.6. The number of aliphatic carboxylic acids is 1. The Morgan fingerprint density at radius 1 is 1.00 bits per heavy atom. The minimum Gasteiger partial charge on any atom is -0.475 e. The number of alkyl halides is 3. The highest BCUT2D eigenvalue weighted by atomic mass is 35.5. The molecule has 0 radical (unpaired) electrons. The standard InChI is InChI=1S/C25H22ClFN6O2S.C2HF3O2/c26-19-2-1-3-20(23(19)27)32-24(34)21-15-29-25(36-21)31-17-8-9-28-22(14-17)30-16-4-6-18(7-5-16)33-10-12-35-13-11-33;3-2(4,5)1(6)7/h1-9,14-15H,10-13H2,(H,32,34)(H2,28,29,30,31);(H,6,7). The summed E-state index contributed by atoms with van der Waals surface area (Å²) in [6.07, 6.45) is -1.98. The van der Waals surface area contributed by atoms with Gasteiger partial charge in [-0.3, -0.25) is 4.79 Å². The van der Waals surface area contributed by atoms with E-state index in [1.165, 1.54) is 18.3 Å². The number of aromatic nitrogens is 2. The number of pyridine rings is 1. The number of nitrogens with zero attached hydrogens (tertiary/aromatic N) is 3. The highest BCUT2D eigenvalue weighted by Gasteiger charge is 2.38. The molecule has 1 saturated heterocycles. The predicted molar refractivity (Wildman–Crippen MR) is 155 cm³/mol. The van der Waals surface area contributed by atoms with Gasteiger partial charge in [-0.05, 0) is 42.5 Å². The highest BCUT2D eigenvalue weighted by Crippen LogP contribution is 2.27. The number of hydrogen-bond donors (Lipinski definition) is 4. The zero-order valence-electron chi connectivity index (χ0n) is 22.0. The summed E-state index contributed by atoms with van der Waals surface area (Å²) in [7, 11) is 0. The maximum Gasteiger partial charge on any atom is 0.490 e. The number of benzene rings is 2. The second-order valence-electron chi connectivity index (χ2n) is 8.71. The number of carbonyl (C=O) groups excluding carboxylic acids is 1. The molecular formula is C27H23ClF4N6O4S. The average Bonchev–Trinajstić information content (AvgIpc) is 3.45. The maximum atomic E-state index is 14.1. The van der Waals surface area contributed by atoms with Gasteiger partial charge < -0.3 is 30.7 Å². The number of carboxylic acids is 1. The first-order chi connectivity index (χ1) is 20.5. The second-order valence-corrected chi connectivity index (χ2v) is 10.2. The van der Waals surface area contributed by atoms with Gasteiger partial charge in [-0.15, -0.1) is 0 Å². The second kappa shape index (κ2) is 14.1. The Bertz CT molecular complexity index is 1570. The van der Waals surface area contributed by atoms with Crippen LogP contribution in [-0.2, 0) is 9.53 Å². The van der Waals surface area contributed by atoms with E-state index in [1.54, 1.807) is 18.3 Å². The van der Waals surface area contributed by atoms with Gasteiger partial charge in [0.1, 0.15) is 10.7 Å². The summed E-state index contributed by atoms with van der Waals surface area (Å²) >= 11 is 6.92. The van der Waals surface area contributed by atoms with Crippen LogP contribution >= 0.6 is 22.9 Å². The number of hydrogen-bond acceptors (Lipinski definition) is 9. The maximum absolute atomic E-state index is 14.1. The molecule has 2 aromatic carbocycles. The molecule has 1 amide bonds. The minimum absolute atomic E-state index is 0.0123. The predicted octanol–water partition coefficient (Wildman–Crippen LogP) is 6.54. The fourth-order valence-electron chi connectivity index (χ4n) is 3.65. The van der Waals surface area contributed by atoms with Crippen molar-refractivity contribution in [2.24, 2.45) is 0 Å². The van der Waals surface area contributed by atoms with Gasteiger partial charge in [0.05, 0.1) is 30.1 Å². The van der Waals surface area contributed by atoms with Crippen molar-refractivity contribution in [3.8, 4) is 0 Å². The lowest BCUT2D eigenvalue weighted by atomic mass is 10.2. The number of amides is 1. The Labute approximate surface area is 251 Å². The molecule has 0 aliphatic carbocycles. The third-order valence-corrected chi connectivity index (χ3v) is 6.90. The first kappa shape index (κ1) is 31.5. The number of nitrogens with one attached hydrogen (secondary N) is 3. The van der Waals surface area contributed by atoms with Crippen molar-refractivity contribution in [2.45, 2.75) is 6.18 Å². The molecule has 0 saturated carbocycles. The van der Waals surface area contributed by atoms with Gasteiger partial charge in [0, 0.05) is 42.4 Å².